The number of methoxy groups -OCH3 is 2. The predicted molar refractivity (Wildman–Crippen MR) is 127 cm³/mol. The van der Waals surface area contributed by atoms with Gasteiger partial charge in [0.25, 0.3) is 0 Å². The number of hydrogen-bond donors (Lipinski definition) is 1. The van der Waals surface area contributed by atoms with Crippen molar-refractivity contribution in [1.29, 1.82) is 0 Å². The van der Waals surface area contributed by atoms with Crippen LogP contribution in [0.4, 0.5) is 0 Å². The molecule has 0 fully saturated rings. The maximum Gasteiger partial charge on any atom is 0.308 e. The average Bonchev–Trinajstić information content (AvgIpc) is 2.80. The number of nitrogens with one attached hydrogen (secondary N) is 1. The molecule has 0 aromatic heterocycles. The summed E-state index contributed by atoms with van der Waals surface area (Å²) in [6.45, 7) is 7.55. The minimum atomic E-state index is -0.552. The Kier molecular flexibility index (Phi) is 10.0. The second-order valence-corrected chi connectivity index (χ2v) is 7.42. The van der Waals surface area contributed by atoms with Crippen molar-refractivity contribution in [1.82, 2.24) is 5.32 Å². The number of carbonyl (C=O) groups is 2. The predicted octanol–water partition coefficient (Wildman–Crippen LogP) is 4.48. The van der Waals surface area contributed by atoms with Crippen molar-refractivity contribution in [3.05, 3.63) is 72.3 Å². The average molecular weight is 454 g/mol. The molecule has 1 unspecified atom stereocenters. The van der Waals surface area contributed by atoms with E-state index in [-0.39, 0.29) is 18.4 Å². The van der Waals surface area contributed by atoms with Gasteiger partial charge >= 0.3 is 5.97 Å². The third-order valence-electron chi connectivity index (χ3n) is 4.54. The number of amides is 1. The number of esters is 1. The van der Waals surface area contributed by atoms with E-state index in [2.05, 4.69) is 11.9 Å². The molecule has 0 aliphatic carbocycles. The van der Waals surface area contributed by atoms with Gasteiger partial charge in [-0.25, -0.2) is 0 Å². The van der Waals surface area contributed by atoms with Gasteiger partial charge in [-0.3, -0.25) is 9.59 Å². The largest absolute Gasteiger partial charge is 0.497 e. The van der Waals surface area contributed by atoms with E-state index in [0.717, 1.165) is 11.1 Å². The van der Waals surface area contributed by atoms with Crippen LogP contribution in [-0.2, 0) is 14.3 Å². The Morgan fingerprint density at radius 2 is 1.76 bits per heavy atom. The second-order valence-electron chi connectivity index (χ2n) is 7.42. The van der Waals surface area contributed by atoms with Gasteiger partial charge in [-0.05, 0) is 55.3 Å². The molecule has 2 aromatic carbocycles. The summed E-state index contributed by atoms with van der Waals surface area (Å²) in [7, 11) is 3.12. The zero-order chi connectivity index (χ0) is 24.2. The van der Waals surface area contributed by atoms with Crippen LogP contribution in [0.15, 0.2) is 61.2 Å². The van der Waals surface area contributed by atoms with Crippen LogP contribution in [0.5, 0.6) is 17.2 Å². The highest BCUT2D eigenvalue weighted by atomic mass is 16.5. The third kappa shape index (κ3) is 8.37. The molecule has 0 spiro atoms. The molecule has 2 rings (SSSR count). The monoisotopic (exact) mass is 453 g/mol. The number of hydrogen-bond acceptors (Lipinski definition) is 6. The standard InChI is InChI=1S/C26H31NO6/c1-6-15-32-23-13-7-19(16-24(23)31-5)8-14-25(28)27-22(17-26(29)33-18(2)3)20-9-11-21(30-4)12-10-20/h6-14,16,18,22H,1,15,17H2,2-5H3,(H,27,28)/b14-8+. The van der Waals surface area contributed by atoms with Crippen LogP contribution in [0.25, 0.3) is 6.08 Å². The molecule has 0 aliphatic heterocycles. The molecule has 0 saturated carbocycles. The topological polar surface area (TPSA) is 83.1 Å². The van der Waals surface area contributed by atoms with E-state index in [1.165, 1.54) is 6.08 Å². The number of carbonyl (C=O) groups excluding carboxylic acids is 2. The Balaban J connectivity index is 2.14. The van der Waals surface area contributed by atoms with Crippen molar-refractivity contribution in [3.8, 4) is 17.2 Å². The van der Waals surface area contributed by atoms with Crippen molar-refractivity contribution in [3.63, 3.8) is 0 Å². The SMILES string of the molecule is C=CCOc1ccc(/C=C/C(=O)NC(CC(=O)OC(C)C)c2ccc(OC)cc2)cc1OC. The molecule has 176 valence electrons. The molecule has 1 N–H and O–H groups in total. The van der Waals surface area contributed by atoms with Crippen LogP contribution in [0.2, 0.25) is 0 Å². The molecule has 0 heterocycles. The zero-order valence-corrected chi connectivity index (χ0v) is 19.5. The maximum atomic E-state index is 12.6. The summed E-state index contributed by atoms with van der Waals surface area (Å²) in [6, 6.07) is 12.0. The normalized spacial score (nSPS) is 11.7. The van der Waals surface area contributed by atoms with E-state index < -0.39 is 12.0 Å². The van der Waals surface area contributed by atoms with E-state index in [1.807, 2.05) is 18.2 Å². The Labute approximate surface area is 195 Å². The van der Waals surface area contributed by atoms with Crippen molar-refractivity contribution < 1.29 is 28.5 Å². The number of rotatable bonds is 12. The molecule has 1 atom stereocenters. The molecule has 0 aliphatic rings. The summed E-state index contributed by atoms with van der Waals surface area (Å²) in [5.41, 5.74) is 1.52. The van der Waals surface area contributed by atoms with Crippen LogP contribution in [-0.4, -0.2) is 38.8 Å². The first-order valence-electron chi connectivity index (χ1n) is 10.6. The minimum Gasteiger partial charge on any atom is -0.497 e. The molecular weight excluding hydrogens is 422 g/mol. The van der Waals surface area contributed by atoms with E-state index in [0.29, 0.717) is 23.9 Å². The van der Waals surface area contributed by atoms with Crippen LogP contribution in [0, 0.1) is 0 Å². The summed E-state index contributed by atoms with van der Waals surface area (Å²) in [6.07, 6.45) is 4.48. The first-order valence-corrected chi connectivity index (χ1v) is 10.6. The third-order valence-corrected chi connectivity index (χ3v) is 4.54. The first-order chi connectivity index (χ1) is 15.9. The van der Waals surface area contributed by atoms with Gasteiger partial charge in [0.15, 0.2) is 11.5 Å². The molecule has 7 nitrogen and oxygen atoms in total. The highest BCUT2D eigenvalue weighted by Crippen LogP contribution is 2.28. The summed E-state index contributed by atoms with van der Waals surface area (Å²) >= 11 is 0. The van der Waals surface area contributed by atoms with Gasteiger partial charge in [-0.15, -0.1) is 0 Å². The molecular formula is C26H31NO6. The summed E-state index contributed by atoms with van der Waals surface area (Å²) in [4.78, 5) is 24.9. The molecule has 0 radical (unpaired) electrons. The quantitative estimate of drug-likeness (QED) is 0.290. The second kappa shape index (κ2) is 13.0. The van der Waals surface area contributed by atoms with Crippen molar-refractivity contribution in [2.45, 2.75) is 32.4 Å². The van der Waals surface area contributed by atoms with E-state index in [4.69, 9.17) is 18.9 Å². The van der Waals surface area contributed by atoms with E-state index in [1.54, 1.807) is 64.5 Å². The van der Waals surface area contributed by atoms with Gasteiger partial charge in [-0.2, -0.15) is 0 Å². The lowest BCUT2D eigenvalue weighted by molar-refractivity contribution is -0.148. The van der Waals surface area contributed by atoms with Crippen LogP contribution in [0.3, 0.4) is 0 Å². The summed E-state index contributed by atoms with van der Waals surface area (Å²) < 4.78 is 21.3. The maximum absolute atomic E-state index is 12.6. The Bertz CT molecular complexity index is 965. The smallest absolute Gasteiger partial charge is 0.308 e. The Hall–Kier alpha value is -3.74. The van der Waals surface area contributed by atoms with Gasteiger partial charge in [0.05, 0.1) is 32.8 Å². The van der Waals surface area contributed by atoms with E-state index in [9.17, 15) is 9.59 Å². The molecule has 33 heavy (non-hydrogen) atoms. The lowest BCUT2D eigenvalue weighted by Crippen LogP contribution is -2.29. The van der Waals surface area contributed by atoms with Gasteiger partial charge in [0.2, 0.25) is 5.91 Å². The fourth-order valence-electron chi connectivity index (χ4n) is 3.01. The lowest BCUT2D eigenvalue weighted by Gasteiger charge is -2.19. The van der Waals surface area contributed by atoms with Gasteiger partial charge < -0.3 is 24.3 Å². The van der Waals surface area contributed by atoms with E-state index >= 15 is 0 Å². The van der Waals surface area contributed by atoms with Crippen molar-refractivity contribution in [2.24, 2.45) is 0 Å². The first kappa shape index (κ1) is 25.5. The van der Waals surface area contributed by atoms with Crippen LogP contribution >= 0.6 is 0 Å². The van der Waals surface area contributed by atoms with Gasteiger partial charge in [0.1, 0.15) is 12.4 Å². The molecule has 0 bridgehead atoms. The molecule has 1 amide bonds. The minimum absolute atomic E-state index is 0.00719. The lowest BCUT2D eigenvalue weighted by atomic mass is 10.0. The van der Waals surface area contributed by atoms with Gasteiger partial charge in [0, 0.05) is 6.08 Å². The fraction of sp³-hybridized carbons (Fsp3) is 0.308. The highest BCUT2D eigenvalue weighted by Gasteiger charge is 2.19. The number of benzene rings is 2. The molecule has 0 saturated heterocycles. The molecule has 2 aromatic rings. The Morgan fingerprint density at radius 1 is 1.03 bits per heavy atom. The van der Waals surface area contributed by atoms with Crippen LogP contribution in [0.1, 0.15) is 37.4 Å². The fourth-order valence-corrected chi connectivity index (χ4v) is 3.01. The van der Waals surface area contributed by atoms with Gasteiger partial charge in [-0.1, -0.05) is 30.9 Å². The zero-order valence-electron chi connectivity index (χ0n) is 19.5. The summed E-state index contributed by atoms with van der Waals surface area (Å²) in [5, 5.41) is 2.88. The van der Waals surface area contributed by atoms with Crippen LogP contribution < -0.4 is 19.5 Å². The van der Waals surface area contributed by atoms with Crippen molar-refractivity contribution in [2.75, 3.05) is 20.8 Å². The Morgan fingerprint density at radius 3 is 2.36 bits per heavy atom. The van der Waals surface area contributed by atoms with Crippen molar-refractivity contribution >= 4 is 18.0 Å². The summed E-state index contributed by atoms with van der Waals surface area (Å²) in [5.74, 6) is 1.08. The highest BCUT2D eigenvalue weighted by molar-refractivity contribution is 5.92. The molecule has 7 heteroatoms. The number of ether oxygens (including phenoxy) is 4.